The Labute approximate surface area is 68.3 Å². The molecule has 0 radical (unpaired) electrons. The highest BCUT2D eigenvalue weighted by molar-refractivity contribution is 5.35. The summed E-state index contributed by atoms with van der Waals surface area (Å²) >= 11 is 0. The van der Waals surface area contributed by atoms with Crippen LogP contribution in [0.5, 0.6) is 0 Å². The van der Waals surface area contributed by atoms with E-state index in [4.69, 9.17) is 5.73 Å². The molecule has 0 aromatic heterocycles. The molecular weight excluding hydrogens is 134 g/mol. The van der Waals surface area contributed by atoms with Gasteiger partial charge in [-0.1, -0.05) is 32.1 Å². The molecule has 0 bridgehead atoms. The summed E-state index contributed by atoms with van der Waals surface area (Å²) in [6.07, 6.45) is 8.29. The Hall–Kier alpha value is -0.980. The average Bonchev–Trinajstić information content (AvgIpc) is 1.93. The molecule has 11 heavy (non-hydrogen) atoms. The van der Waals surface area contributed by atoms with Crippen LogP contribution in [0.1, 0.15) is 20.8 Å². The molecule has 0 aliphatic heterocycles. The SMILES string of the molecule is CC1=CC(C)(C)C=CC=C1N. The lowest BCUT2D eigenvalue weighted by Crippen LogP contribution is -2.04. The van der Waals surface area contributed by atoms with Crippen molar-refractivity contribution in [3.63, 3.8) is 0 Å². The first-order chi connectivity index (χ1) is 5.01. The molecule has 60 valence electrons. The van der Waals surface area contributed by atoms with Gasteiger partial charge in [0.25, 0.3) is 0 Å². The van der Waals surface area contributed by atoms with Gasteiger partial charge in [-0.25, -0.2) is 0 Å². The number of hydrogen-bond donors (Lipinski definition) is 1. The molecule has 2 N–H and O–H groups in total. The van der Waals surface area contributed by atoms with Gasteiger partial charge in [-0.3, -0.25) is 0 Å². The number of nitrogens with two attached hydrogens (primary N) is 1. The van der Waals surface area contributed by atoms with Crippen molar-refractivity contribution in [3.05, 3.63) is 35.6 Å². The van der Waals surface area contributed by atoms with E-state index in [0.29, 0.717) is 0 Å². The Morgan fingerprint density at radius 1 is 1.36 bits per heavy atom. The summed E-state index contributed by atoms with van der Waals surface area (Å²) in [4.78, 5) is 0. The molecule has 0 spiro atoms. The Kier molecular flexibility index (Phi) is 1.90. The lowest BCUT2D eigenvalue weighted by Gasteiger charge is -2.14. The third-order valence-corrected chi connectivity index (χ3v) is 1.85. The zero-order valence-electron chi connectivity index (χ0n) is 7.39. The minimum atomic E-state index is 0.141. The van der Waals surface area contributed by atoms with E-state index in [1.54, 1.807) is 0 Å². The molecule has 1 rings (SSSR count). The van der Waals surface area contributed by atoms with Crippen LogP contribution in [0, 0.1) is 5.41 Å². The van der Waals surface area contributed by atoms with Gasteiger partial charge in [0.2, 0.25) is 0 Å². The minimum absolute atomic E-state index is 0.141. The predicted molar refractivity (Wildman–Crippen MR) is 48.9 cm³/mol. The molecule has 1 aliphatic carbocycles. The van der Waals surface area contributed by atoms with Gasteiger partial charge < -0.3 is 5.73 Å². The minimum Gasteiger partial charge on any atom is -0.399 e. The third-order valence-electron chi connectivity index (χ3n) is 1.85. The van der Waals surface area contributed by atoms with Crippen LogP contribution >= 0.6 is 0 Å². The Morgan fingerprint density at radius 2 is 2.00 bits per heavy atom. The number of allylic oxidation sites excluding steroid dienone is 5. The van der Waals surface area contributed by atoms with E-state index in [2.05, 4.69) is 26.0 Å². The van der Waals surface area contributed by atoms with Crippen LogP contribution in [-0.4, -0.2) is 0 Å². The van der Waals surface area contributed by atoms with E-state index < -0.39 is 0 Å². The van der Waals surface area contributed by atoms with Crippen LogP contribution in [0.25, 0.3) is 0 Å². The standard InChI is InChI=1S/C10H15N/c1-8-7-10(2,3)6-4-5-9(8)11/h4-7H,11H2,1-3H3. The van der Waals surface area contributed by atoms with Crippen molar-refractivity contribution in [2.24, 2.45) is 11.1 Å². The molecule has 0 amide bonds. The van der Waals surface area contributed by atoms with Gasteiger partial charge in [-0.15, -0.1) is 0 Å². The maximum Gasteiger partial charge on any atom is 0.0340 e. The third kappa shape index (κ3) is 1.97. The van der Waals surface area contributed by atoms with Crippen LogP contribution in [-0.2, 0) is 0 Å². The van der Waals surface area contributed by atoms with Crippen molar-refractivity contribution in [3.8, 4) is 0 Å². The van der Waals surface area contributed by atoms with Crippen LogP contribution in [0.4, 0.5) is 0 Å². The van der Waals surface area contributed by atoms with Gasteiger partial charge >= 0.3 is 0 Å². The summed E-state index contributed by atoms with van der Waals surface area (Å²) in [5.41, 5.74) is 7.92. The van der Waals surface area contributed by atoms with Gasteiger partial charge in [-0.05, 0) is 18.6 Å². The second-order valence-electron chi connectivity index (χ2n) is 3.63. The van der Waals surface area contributed by atoms with Crippen molar-refractivity contribution in [1.29, 1.82) is 0 Å². The second kappa shape index (κ2) is 2.57. The molecule has 0 aromatic carbocycles. The Morgan fingerprint density at radius 3 is 2.64 bits per heavy atom. The van der Waals surface area contributed by atoms with Gasteiger partial charge in [0.05, 0.1) is 0 Å². The lowest BCUT2D eigenvalue weighted by atomic mass is 9.91. The van der Waals surface area contributed by atoms with Gasteiger partial charge in [0, 0.05) is 11.1 Å². The first kappa shape index (κ1) is 8.12. The highest BCUT2D eigenvalue weighted by atomic mass is 14.6. The topological polar surface area (TPSA) is 26.0 Å². The molecule has 0 aromatic rings. The van der Waals surface area contributed by atoms with E-state index in [-0.39, 0.29) is 5.41 Å². The van der Waals surface area contributed by atoms with E-state index >= 15 is 0 Å². The molecule has 0 atom stereocenters. The molecular formula is C10H15N. The summed E-state index contributed by atoms with van der Waals surface area (Å²) < 4.78 is 0. The molecule has 0 fully saturated rings. The van der Waals surface area contributed by atoms with Gasteiger partial charge in [0.15, 0.2) is 0 Å². The van der Waals surface area contributed by atoms with Gasteiger partial charge in [-0.2, -0.15) is 0 Å². The summed E-state index contributed by atoms with van der Waals surface area (Å²) in [6.45, 7) is 6.37. The van der Waals surface area contributed by atoms with Crippen molar-refractivity contribution in [1.82, 2.24) is 0 Å². The zero-order chi connectivity index (χ0) is 8.48. The van der Waals surface area contributed by atoms with E-state index in [1.807, 2.05) is 19.1 Å². The van der Waals surface area contributed by atoms with E-state index in [1.165, 1.54) is 5.57 Å². The molecule has 0 saturated carbocycles. The van der Waals surface area contributed by atoms with Crippen molar-refractivity contribution < 1.29 is 0 Å². The lowest BCUT2D eigenvalue weighted by molar-refractivity contribution is 0.623. The largest absolute Gasteiger partial charge is 0.399 e. The summed E-state index contributed by atoms with van der Waals surface area (Å²) in [5, 5.41) is 0. The van der Waals surface area contributed by atoms with Crippen LogP contribution in [0.3, 0.4) is 0 Å². The Balaban J connectivity index is 3.03. The summed E-state index contributed by atoms with van der Waals surface area (Å²) in [7, 11) is 0. The monoisotopic (exact) mass is 149 g/mol. The fourth-order valence-corrected chi connectivity index (χ4v) is 1.22. The predicted octanol–water partition coefficient (Wildman–Crippen LogP) is 2.37. The summed E-state index contributed by atoms with van der Waals surface area (Å²) in [6, 6.07) is 0. The smallest absolute Gasteiger partial charge is 0.0340 e. The first-order valence-corrected chi connectivity index (χ1v) is 3.86. The van der Waals surface area contributed by atoms with Crippen molar-refractivity contribution in [2.45, 2.75) is 20.8 Å². The van der Waals surface area contributed by atoms with Crippen LogP contribution < -0.4 is 5.73 Å². The van der Waals surface area contributed by atoms with Crippen LogP contribution in [0.15, 0.2) is 35.6 Å². The molecule has 0 unspecified atom stereocenters. The molecule has 0 saturated heterocycles. The average molecular weight is 149 g/mol. The maximum absolute atomic E-state index is 5.74. The number of rotatable bonds is 0. The molecule has 0 heterocycles. The molecule has 1 aliphatic rings. The zero-order valence-corrected chi connectivity index (χ0v) is 7.39. The van der Waals surface area contributed by atoms with E-state index in [0.717, 1.165) is 5.70 Å². The van der Waals surface area contributed by atoms with Gasteiger partial charge in [0.1, 0.15) is 0 Å². The fourth-order valence-electron chi connectivity index (χ4n) is 1.22. The highest BCUT2D eigenvalue weighted by Gasteiger charge is 2.12. The van der Waals surface area contributed by atoms with E-state index in [9.17, 15) is 0 Å². The quantitative estimate of drug-likeness (QED) is 0.562. The fraction of sp³-hybridized carbons (Fsp3) is 0.400. The van der Waals surface area contributed by atoms with Crippen molar-refractivity contribution >= 4 is 0 Å². The highest BCUT2D eigenvalue weighted by Crippen LogP contribution is 2.24. The second-order valence-corrected chi connectivity index (χ2v) is 3.63. The Bertz CT molecular complexity index is 242. The first-order valence-electron chi connectivity index (χ1n) is 3.86. The number of hydrogen-bond acceptors (Lipinski definition) is 1. The molecule has 1 heteroatoms. The maximum atomic E-state index is 5.74. The molecule has 1 nitrogen and oxygen atoms in total. The van der Waals surface area contributed by atoms with Crippen molar-refractivity contribution in [2.75, 3.05) is 0 Å². The van der Waals surface area contributed by atoms with Crippen LogP contribution in [0.2, 0.25) is 0 Å². The summed E-state index contributed by atoms with van der Waals surface area (Å²) in [5.74, 6) is 0. The normalized spacial score (nSPS) is 22.1.